The van der Waals surface area contributed by atoms with Crippen LogP contribution in [0.5, 0.6) is 0 Å². The average Bonchev–Trinajstić information content (AvgIpc) is 2.39. The molecule has 7 heteroatoms. The molecule has 0 bridgehead atoms. The molecule has 2 unspecified atom stereocenters. The minimum absolute atomic E-state index is 0.0671. The molecule has 106 valence electrons. The number of pyridine rings is 1. The molecule has 2 heterocycles. The second kappa shape index (κ2) is 5.44. The highest BCUT2D eigenvalue weighted by Crippen LogP contribution is 2.25. The smallest absolute Gasteiger partial charge is 0.263 e. The first kappa shape index (κ1) is 14.2. The number of aromatic nitrogens is 1. The van der Waals surface area contributed by atoms with Gasteiger partial charge in [-0.2, -0.15) is 4.31 Å². The fourth-order valence-corrected chi connectivity index (χ4v) is 3.95. The molecule has 2 atom stereocenters. The molecular weight excluding hydrogens is 266 g/mol. The van der Waals surface area contributed by atoms with E-state index in [1.54, 1.807) is 12.1 Å². The van der Waals surface area contributed by atoms with Crippen LogP contribution >= 0.6 is 0 Å². The van der Waals surface area contributed by atoms with Crippen molar-refractivity contribution in [3.8, 4) is 0 Å². The Morgan fingerprint density at radius 2 is 2.32 bits per heavy atom. The van der Waals surface area contributed by atoms with Gasteiger partial charge in [-0.15, -0.1) is 0 Å². The monoisotopic (exact) mass is 285 g/mol. The molecule has 2 N–H and O–H groups in total. The zero-order chi connectivity index (χ0) is 14.0. The molecule has 1 aromatic heterocycles. The van der Waals surface area contributed by atoms with Crippen molar-refractivity contribution in [2.24, 2.45) is 0 Å². The van der Waals surface area contributed by atoms with E-state index in [0.717, 1.165) is 0 Å². The van der Waals surface area contributed by atoms with E-state index in [-0.39, 0.29) is 22.9 Å². The third-order valence-corrected chi connectivity index (χ3v) is 5.14. The second-order valence-electron chi connectivity index (χ2n) is 4.68. The van der Waals surface area contributed by atoms with Crippen molar-refractivity contribution in [3.05, 3.63) is 18.3 Å². The van der Waals surface area contributed by atoms with Gasteiger partial charge in [-0.1, -0.05) is 6.92 Å². The van der Waals surface area contributed by atoms with Gasteiger partial charge in [0.1, 0.15) is 0 Å². The lowest BCUT2D eigenvalue weighted by Gasteiger charge is -2.36. The number of nitrogens with zero attached hydrogens (tertiary/aromatic N) is 2. The largest absolute Gasteiger partial charge is 0.396 e. The standard InChI is InChI=1S/C12H19N3O3S/c1-3-10-8-18-9(2)7-15(10)19(16,17)12-11(13)5-4-6-14-12/h4-6,9-10H,3,7-8,13H2,1-2H3. The Kier molecular flexibility index (Phi) is 4.07. The van der Waals surface area contributed by atoms with E-state index in [2.05, 4.69) is 4.98 Å². The zero-order valence-electron chi connectivity index (χ0n) is 11.1. The van der Waals surface area contributed by atoms with Gasteiger partial charge in [-0.05, 0) is 25.5 Å². The fourth-order valence-electron chi connectivity index (χ4n) is 2.16. The van der Waals surface area contributed by atoms with Gasteiger partial charge in [0.05, 0.1) is 18.4 Å². The highest BCUT2D eigenvalue weighted by atomic mass is 32.2. The zero-order valence-corrected chi connectivity index (χ0v) is 11.9. The number of ether oxygens (including phenoxy) is 1. The lowest BCUT2D eigenvalue weighted by molar-refractivity contribution is -0.0231. The van der Waals surface area contributed by atoms with Crippen LogP contribution in [0.2, 0.25) is 0 Å². The maximum absolute atomic E-state index is 12.7. The molecule has 6 nitrogen and oxygen atoms in total. The summed E-state index contributed by atoms with van der Waals surface area (Å²) < 4.78 is 32.3. The number of hydrogen-bond donors (Lipinski definition) is 1. The van der Waals surface area contributed by atoms with Crippen molar-refractivity contribution in [2.45, 2.75) is 37.4 Å². The Morgan fingerprint density at radius 3 is 2.95 bits per heavy atom. The van der Waals surface area contributed by atoms with Crippen molar-refractivity contribution in [1.82, 2.24) is 9.29 Å². The van der Waals surface area contributed by atoms with E-state index in [1.807, 2.05) is 13.8 Å². The summed E-state index contributed by atoms with van der Waals surface area (Å²) in [7, 11) is -3.67. The molecule has 1 aromatic rings. The summed E-state index contributed by atoms with van der Waals surface area (Å²) in [6.45, 7) is 4.53. The predicted octanol–water partition coefficient (Wildman–Crippen LogP) is 0.852. The van der Waals surface area contributed by atoms with Gasteiger partial charge in [-0.25, -0.2) is 13.4 Å². The average molecular weight is 285 g/mol. The molecule has 2 rings (SSSR count). The molecule has 1 aliphatic rings. The number of anilines is 1. The van der Waals surface area contributed by atoms with E-state index in [1.165, 1.54) is 10.5 Å². The van der Waals surface area contributed by atoms with Crippen molar-refractivity contribution < 1.29 is 13.2 Å². The lowest BCUT2D eigenvalue weighted by atomic mass is 10.2. The predicted molar refractivity (Wildman–Crippen MR) is 72.0 cm³/mol. The van der Waals surface area contributed by atoms with E-state index >= 15 is 0 Å². The van der Waals surface area contributed by atoms with E-state index in [4.69, 9.17) is 10.5 Å². The minimum Gasteiger partial charge on any atom is -0.396 e. The van der Waals surface area contributed by atoms with Crippen molar-refractivity contribution >= 4 is 15.7 Å². The number of rotatable bonds is 3. The van der Waals surface area contributed by atoms with Crippen LogP contribution in [0.1, 0.15) is 20.3 Å². The molecular formula is C12H19N3O3S. The number of hydrogen-bond acceptors (Lipinski definition) is 5. The van der Waals surface area contributed by atoms with E-state index in [9.17, 15) is 8.42 Å². The van der Waals surface area contributed by atoms with Crippen LogP contribution in [0.3, 0.4) is 0 Å². The lowest BCUT2D eigenvalue weighted by Crippen LogP contribution is -2.51. The Balaban J connectivity index is 2.40. The molecule has 0 amide bonds. The number of nitrogen functional groups attached to an aromatic ring is 1. The summed E-state index contributed by atoms with van der Waals surface area (Å²) in [6, 6.07) is 3.00. The second-order valence-corrected chi connectivity index (χ2v) is 6.48. The quantitative estimate of drug-likeness (QED) is 0.890. The van der Waals surface area contributed by atoms with Crippen molar-refractivity contribution in [1.29, 1.82) is 0 Å². The molecule has 0 radical (unpaired) electrons. The van der Waals surface area contributed by atoms with Gasteiger partial charge in [0.2, 0.25) is 0 Å². The first-order chi connectivity index (χ1) is 8.96. The normalized spacial score (nSPS) is 25.4. The molecule has 1 aliphatic heterocycles. The van der Waals surface area contributed by atoms with Crippen LogP contribution in [0.25, 0.3) is 0 Å². The van der Waals surface area contributed by atoms with Crippen LogP contribution in [0.15, 0.2) is 23.4 Å². The van der Waals surface area contributed by atoms with Gasteiger partial charge in [0, 0.05) is 18.8 Å². The van der Waals surface area contributed by atoms with E-state index in [0.29, 0.717) is 19.6 Å². The molecule has 0 spiro atoms. The molecule has 0 saturated carbocycles. The van der Waals surface area contributed by atoms with Crippen LogP contribution < -0.4 is 5.73 Å². The summed E-state index contributed by atoms with van der Waals surface area (Å²) >= 11 is 0. The third kappa shape index (κ3) is 2.72. The van der Waals surface area contributed by atoms with Crippen LogP contribution in [0, 0.1) is 0 Å². The molecule has 1 fully saturated rings. The number of sulfonamides is 1. The van der Waals surface area contributed by atoms with Gasteiger partial charge >= 0.3 is 0 Å². The first-order valence-corrected chi connectivity index (χ1v) is 7.74. The number of nitrogens with two attached hydrogens (primary N) is 1. The Morgan fingerprint density at radius 1 is 1.58 bits per heavy atom. The molecule has 19 heavy (non-hydrogen) atoms. The Hall–Kier alpha value is -1.18. The van der Waals surface area contributed by atoms with Crippen LogP contribution in [0.4, 0.5) is 5.69 Å². The van der Waals surface area contributed by atoms with Crippen molar-refractivity contribution in [3.63, 3.8) is 0 Å². The summed E-state index contributed by atoms with van der Waals surface area (Å²) in [4.78, 5) is 3.92. The van der Waals surface area contributed by atoms with Gasteiger partial charge in [-0.3, -0.25) is 0 Å². The van der Waals surface area contributed by atoms with Gasteiger partial charge < -0.3 is 10.5 Å². The summed E-state index contributed by atoms with van der Waals surface area (Å²) in [5.41, 5.74) is 5.91. The molecule has 0 aromatic carbocycles. The molecule has 1 saturated heterocycles. The minimum atomic E-state index is -3.67. The maximum atomic E-state index is 12.7. The van der Waals surface area contributed by atoms with Gasteiger partial charge in [0.25, 0.3) is 10.0 Å². The number of morpholine rings is 1. The summed E-state index contributed by atoms with van der Waals surface area (Å²) in [5.74, 6) is 0. The third-order valence-electron chi connectivity index (χ3n) is 3.24. The first-order valence-electron chi connectivity index (χ1n) is 6.30. The maximum Gasteiger partial charge on any atom is 0.263 e. The van der Waals surface area contributed by atoms with E-state index < -0.39 is 10.0 Å². The van der Waals surface area contributed by atoms with Crippen LogP contribution in [-0.4, -0.2) is 43.0 Å². The highest BCUT2D eigenvalue weighted by Gasteiger charge is 2.37. The van der Waals surface area contributed by atoms with Gasteiger partial charge in [0.15, 0.2) is 5.03 Å². The summed E-state index contributed by atoms with van der Waals surface area (Å²) in [6.07, 6.45) is 2.01. The van der Waals surface area contributed by atoms with Crippen LogP contribution in [-0.2, 0) is 14.8 Å². The fraction of sp³-hybridized carbons (Fsp3) is 0.583. The molecule has 0 aliphatic carbocycles. The topological polar surface area (TPSA) is 85.5 Å². The Bertz CT molecular complexity index is 547. The van der Waals surface area contributed by atoms with Crippen molar-refractivity contribution in [2.75, 3.05) is 18.9 Å². The SMILES string of the molecule is CCC1COC(C)CN1S(=O)(=O)c1ncccc1N. The summed E-state index contributed by atoms with van der Waals surface area (Å²) in [5, 5.41) is -0.0671. The highest BCUT2D eigenvalue weighted by molar-refractivity contribution is 7.89. The Labute approximate surface area is 113 Å².